The molecule has 0 aliphatic heterocycles. The second kappa shape index (κ2) is 10.3. The molecule has 11 heteroatoms. The first-order chi connectivity index (χ1) is 16.3. The second-order valence-corrected chi connectivity index (χ2v) is 10.6. The van der Waals surface area contributed by atoms with Gasteiger partial charge in [-0.2, -0.15) is 0 Å². The minimum atomic E-state index is -5.06. The van der Waals surface area contributed by atoms with Gasteiger partial charge >= 0.3 is 6.36 Å². The number of benzene rings is 3. The number of ether oxygens (including phenoxy) is 1. The molecule has 0 aliphatic rings. The van der Waals surface area contributed by atoms with Gasteiger partial charge < -0.3 is 4.74 Å². The molecule has 2 atom stereocenters. The summed E-state index contributed by atoms with van der Waals surface area (Å²) in [7, 11) is -5.83. The molecule has 1 unspecified atom stereocenters. The predicted octanol–water partition coefficient (Wildman–Crippen LogP) is 5.56. The summed E-state index contributed by atoms with van der Waals surface area (Å²) in [6.07, 6.45) is -3.56. The molecule has 186 valence electrons. The van der Waals surface area contributed by atoms with Crippen LogP contribution in [0.25, 0.3) is 5.57 Å². The molecular formula is C24H21F4NO4S2. The van der Waals surface area contributed by atoms with Gasteiger partial charge in [-0.3, -0.25) is 0 Å². The Balaban J connectivity index is 2.10. The third-order valence-corrected chi connectivity index (χ3v) is 7.54. The summed E-state index contributed by atoms with van der Waals surface area (Å²) in [5, 5.41) is 0. The van der Waals surface area contributed by atoms with E-state index in [2.05, 4.69) is 16.0 Å². The standard InChI is InChI=1S/C24H21F4NO4S2/c1-15(17-8-10-18(11-9-17)16(2)29-34(3)30)20-13-12-19(33-24(26,27)28)14-23(20)35(31,32)22-7-5-4-6-21(22)25/h4-14,16,29H,1H2,2-3H3/t16-,34?/m0/s1. The van der Waals surface area contributed by atoms with Gasteiger partial charge in [0.1, 0.15) is 16.5 Å². The number of hydrogen-bond acceptors (Lipinski definition) is 4. The maximum atomic E-state index is 14.4. The molecular weight excluding hydrogens is 506 g/mol. The van der Waals surface area contributed by atoms with Crippen LogP contribution in [0.2, 0.25) is 0 Å². The maximum Gasteiger partial charge on any atom is 0.573 e. The maximum absolute atomic E-state index is 14.4. The first kappa shape index (κ1) is 26.6. The minimum absolute atomic E-state index is 0.0173. The third kappa shape index (κ3) is 6.36. The van der Waals surface area contributed by atoms with Gasteiger partial charge in [-0.05, 0) is 47.9 Å². The molecule has 1 N–H and O–H groups in total. The number of sulfone groups is 1. The summed E-state index contributed by atoms with van der Waals surface area (Å²) in [6, 6.07) is 13.9. The zero-order valence-electron chi connectivity index (χ0n) is 18.6. The Morgan fingerprint density at radius 3 is 2.23 bits per heavy atom. The summed E-state index contributed by atoms with van der Waals surface area (Å²) in [5.41, 5.74) is 1.44. The summed E-state index contributed by atoms with van der Waals surface area (Å²) < 4.78 is 97.5. The van der Waals surface area contributed by atoms with E-state index in [0.29, 0.717) is 11.6 Å². The number of alkyl halides is 3. The average Bonchev–Trinajstić information content (AvgIpc) is 2.77. The summed E-state index contributed by atoms with van der Waals surface area (Å²) >= 11 is 0. The van der Waals surface area contributed by atoms with Crippen LogP contribution in [0.3, 0.4) is 0 Å². The Kier molecular flexibility index (Phi) is 7.83. The number of nitrogens with one attached hydrogen (secondary N) is 1. The topological polar surface area (TPSA) is 72.5 Å². The van der Waals surface area contributed by atoms with E-state index < -0.39 is 48.5 Å². The molecule has 5 nitrogen and oxygen atoms in total. The van der Waals surface area contributed by atoms with Gasteiger partial charge in [-0.15, -0.1) is 13.2 Å². The molecule has 0 fully saturated rings. The molecule has 0 saturated carbocycles. The fraction of sp³-hybridized carbons (Fsp3) is 0.167. The Bertz CT molecular complexity index is 1370. The molecule has 0 spiro atoms. The van der Waals surface area contributed by atoms with Crippen LogP contribution in [0.1, 0.15) is 29.7 Å². The van der Waals surface area contributed by atoms with Crippen molar-refractivity contribution in [3.05, 3.63) is 95.8 Å². The van der Waals surface area contributed by atoms with Crippen LogP contribution in [-0.4, -0.2) is 25.2 Å². The molecule has 35 heavy (non-hydrogen) atoms. The molecule has 0 aromatic heterocycles. The number of halogens is 4. The zero-order valence-corrected chi connectivity index (χ0v) is 20.2. The summed E-state index contributed by atoms with van der Waals surface area (Å²) in [6.45, 7) is 5.74. The SMILES string of the molecule is C=C(c1ccc([C@H](C)NS(C)=O)cc1)c1ccc(OC(F)(F)F)cc1S(=O)(=O)c1ccccc1F. The largest absolute Gasteiger partial charge is 0.573 e. The van der Waals surface area contributed by atoms with Crippen molar-refractivity contribution in [2.45, 2.75) is 29.1 Å². The van der Waals surface area contributed by atoms with E-state index in [1.165, 1.54) is 18.4 Å². The third-order valence-electron chi connectivity index (χ3n) is 5.03. The van der Waals surface area contributed by atoms with Crippen LogP contribution in [0, 0.1) is 5.82 Å². The van der Waals surface area contributed by atoms with Crippen LogP contribution in [-0.2, 0) is 20.8 Å². The van der Waals surface area contributed by atoms with Crippen molar-refractivity contribution in [2.24, 2.45) is 0 Å². The highest BCUT2D eigenvalue weighted by molar-refractivity contribution is 7.91. The van der Waals surface area contributed by atoms with Crippen LogP contribution >= 0.6 is 0 Å². The van der Waals surface area contributed by atoms with Gasteiger partial charge in [0, 0.05) is 23.9 Å². The number of hydrogen-bond donors (Lipinski definition) is 1. The fourth-order valence-electron chi connectivity index (χ4n) is 3.40. The van der Waals surface area contributed by atoms with E-state index in [0.717, 1.165) is 29.8 Å². The van der Waals surface area contributed by atoms with Crippen molar-refractivity contribution in [1.82, 2.24) is 4.72 Å². The molecule has 0 bridgehead atoms. The lowest BCUT2D eigenvalue weighted by molar-refractivity contribution is -0.274. The number of rotatable bonds is 8. The van der Waals surface area contributed by atoms with Crippen molar-refractivity contribution in [3.8, 4) is 5.75 Å². The van der Waals surface area contributed by atoms with Crippen LogP contribution in [0.15, 0.2) is 83.1 Å². The lowest BCUT2D eigenvalue weighted by atomic mass is 9.97. The van der Waals surface area contributed by atoms with Gasteiger partial charge in [0.05, 0.1) is 15.9 Å². The highest BCUT2D eigenvalue weighted by atomic mass is 32.2. The minimum Gasteiger partial charge on any atom is -0.406 e. The highest BCUT2D eigenvalue weighted by Crippen LogP contribution is 2.36. The Hall–Kier alpha value is -3.02. The summed E-state index contributed by atoms with van der Waals surface area (Å²) in [4.78, 5) is -1.28. The average molecular weight is 528 g/mol. The molecule has 3 aromatic rings. The van der Waals surface area contributed by atoms with Crippen molar-refractivity contribution >= 4 is 26.4 Å². The lowest BCUT2D eigenvalue weighted by Crippen LogP contribution is -2.19. The Morgan fingerprint density at radius 2 is 1.66 bits per heavy atom. The van der Waals surface area contributed by atoms with Crippen LogP contribution < -0.4 is 9.46 Å². The predicted molar refractivity (Wildman–Crippen MR) is 125 cm³/mol. The first-order valence-corrected chi connectivity index (χ1v) is 13.1. The monoisotopic (exact) mass is 527 g/mol. The molecule has 0 aliphatic carbocycles. The Morgan fingerprint density at radius 1 is 1.03 bits per heavy atom. The fourth-order valence-corrected chi connectivity index (χ4v) is 5.60. The smallest absolute Gasteiger partial charge is 0.406 e. The van der Waals surface area contributed by atoms with E-state index in [1.807, 2.05) is 6.92 Å². The van der Waals surface area contributed by atoms with E-state index >= 15 is 0 Å². The van der Waals surface area contributed by atoms with E-state index in [9.17, 15) is 30.2 Å². The van der Waals surface area contributed by atoms with E-state index in [1.54, 1.807) is 24.3 Å². The van der Waals surface area contributed by atoms with Crippen molar-refractivity contribution in [1.29, 1.82) is 0 Å². The summed E-state index contributed by atoms with van der Waals surface area (Å²) in [5.74, 6) is -1.82. The molecule has 3 rings (SSSR count). The van der Waals surface area contributed by atoms with Gasteiger partial charge in [-0.25, -0.2) is 21.7 Å². The van der Waals surface area contributed by atoms with Gasteiger partial charge in [-0.1, -0.05) is 43.0 Å². The van der Waals surface area contributed by atoms with Crippen molar-refractivity contribution in [3.63, 3.8) is 0 Å². The molecule has 0 saturated heterocycles. The quantitative estimate of drug-likeness (QED) is 0.389. The van der Waals surface area contributed by atoms with Crippen molar-refractivity contribution < 1.29 is 34.9 Å². The van der Waals surface area contributed by atoms with Gasteiger partial charge in [0.15, 0.2) is 0 Å². The van der Waals surface area contributed by atoms with Gasteiger partial charge in [0.2, 0.25) is 9.84 Å². The normalized spacial score (nSPS) is 13.8. The van der Waals surface area contributed by atoms with Crippen molar-refractivity contribution in [2.75, 3.05) is 6.26 Å². The van der Waals surface area contributed by atoms with Crippen LogP contribution in [0.5, 0.6) is 5.75 Å². The first-order valence-electron chi connectivity index (χ1n) is 10.1. The van der Waals surface area contributed by atoms with Gasteiger partial charge in [0.25, 0.3) is 0 Å². The Labute approximate surface area is 203 Å². The van der Waals surface area contributed by atoms with E-state index in [4.69, 9.17) is 0 Å². The highest BCUT2D eigenvalue weighted by Gasteiger charge is 2.33. The molecule has 0 amide bonds. The molecule has 0 radical (unpaired) electrons. The van der Waals surface area contributed by atoms with Crippen LogP contribution in [0.4, 0.5) is 17.6 Å². The molecule has 3 aromatic carbocycles. The second-order valence-electron chi connectivity index (χ2n) is 7.53. The molecule has 0 heterocycles. The lowest BCUT2D eigenvalue weighted by Gasteiger charge is -2.17. The zero-order chi connectivity index (χ0) is 26.0. The van der Waals surface area contributed by atoms with E-state index in [-0.39, 0.29) is 17.2 Å².